The monoisotopic (exact) mass is 210 g/mol. The first-order chi connectivity index (χ1) is 6.91. The van der Waals surface area contributed by atoms with Crippen LogP contribution in [0.15, 0.2) is 11.1 Å². The Morgan fingerprint density at radius 1 is 1.47 bits per heavy atom. The van der Waals surface area contributed by atoms with E-state index >= 15 is 0 Å². The van der Waals surface area contributed by atoms with Gasteiger partial charge in [-0.2, -0.15) is 0 Å². The Hall–Kier alpha value is -0.790. The van der Waals surface area contributed by atoms with E-state index in [9.17, 15) is 4.79 Å². The molecule has 0 radical (unpaired) electrons. The molecule has 0 fully saturated rings. The lowest BCUT2D eigenvalue weighted by molar-refractivity contribution is -0.158. The zero-order chi connectivity index (χ0) is 11.6. The quantitative estimate of drug-likeness (QED) is 0.516. The molecule has 0 saturated heterocycles. The molecule has 0 heterocycles. The molecule has 1 aliphatic carbocycles. The third-order valence-electron chi connectivity index (χ3n) is 3.80. The molecule has 0 amide bonds. The van der Waals surface area contributed by atoms with Gasteiger partial charge in [0.15, 0.2) is 0 Å². The van der Waals surface area contributed by atoms with Gasteiger partial charge in [-0.05, 0) is 46.5 Å². The van der Waals surface area contributed by atoms with Gasteiger partial charge in [0.1, 0.15) is 0 Å². The molecule has 0 spiro atoms. The van der Waals surface area contributed by atoms with Crippen molar-refractivity contribution in [2.24, 2.45) is 11.3 Å². The van der Waals surface area contributed by atoms with Crippen LogP contribution in [0.1, 0.15) is 47.5 Å². The van der Waals surface area contributed by atoms with Crippen molar-refractivity contribution in [2.75, 3.05) is 6.61 Å². The molecule has 0 bridgehead atoms. The van der Waals surface area contributed by atoms with Crippen LogP contribution >= 0.6 is 0 Å². The first kappa shape index (κ1) is 12.3. The molecular weight excluding hydrogens is 188 g/mol. The fourth-order valence-corrected chi connectivity index (χ4v) is 2.30. The Balaban J connectivity index is 2.90. The molecule has 2 nitrogen and oxygen atoms in total. The van der Waals surface area contributed by atoms with Crippen LogP contribution in [0.3, 0.4) is 0 Å². The molecule has 15 heavy (non-hydrogen) atoms. The second-order valence-electron chi connectivity index (χ2n) is 4.98. The van der Waals surface area contributed by atoms with E-state index in [2.05, 4.69) is 20.8 Å². The number of rotatable bonds is 2. The first-order valence-electron chi connectivity index (χ1n) is 5.74. The molecule has 2 unspecified atom stereocenters. The Labute approximate surface area is 92.7 Å². The molecular formula is C13H22O2. The fourth-order valence-electron chi connectivity index (χ4n) is 2.30. The lowest BCUT2D eigenvalue weighted by Crippen LogP contribution is -2.39. The van der Waals surface area contributed by atoms with E-state index in [-0.39, 0.29) is 11.4 Å². The van der Waals surface area contributed by atoms with Gasteiger partial charge in [0, 0.05) is 0 Å². The molecule has 0 aliphatic heterocycles. The van der Waals surface area contributed by atoms with Crippen LogP contribution in [-0.4, -0.2) is 12.6 Å². The summed E-state index contributed by atoms with van der Waals surface area (Å²) < 4.78 is 5.18. The van der Waals surface area contributed by atoms with Gasteiger partial charge in [0.05, 0.1) is 12.0 Å². The molecule has 86 valence electrons. The standard InChI is InChI=1S/C13H22O2/c1-6-15-12(14)13(5)8-10(3)9(2)7-11(13)4/h11H,6-8H2,1-5H3. The SMILES string of the molecule is CCOC(=O)C1(C)CC(C)=C(C)CC1C. The normalized spacial score (nSPS) is 31.7. The van der Waals surface area contributed by atoms with E-state index in [0.29, 0.717) is 12.5 Å². The largest absolute Gasteiger partial charge is 0.466 e. The highest BCUT2D eigenvalue weighted by atomic mass is 16.5. The summed E-state index contributed by atoms with van der Waals surface area (Å²) in [5.74, 6) is 0.338. The van der Waals surface area contributed by atoms with E-state index in [1.165, 1.54) is 11.1 Å². The second kappa shape index (κ2) is 4.38. The number of carbonyl (C=O) groups excluding carboxylic acids is 1. The summed E-state index contributed by atoms with van der Waals surface area (Å²) in [6.07, 6.45) is 1.86. The number of allylic oxidation sites excluding steroid dienone is 2. The van der Waals surface area contributed by atoms with Crippen molar-refractivity contribution >= 4 is 5.97 Å². The maximum absolute atomic E-state index is 11.9. The number of hydrogen-bond donors (Lipinski definition) is 0. The van der Waals surface area contributed by atoms with Crippen molar-refractivity contribution in [1.29, 1.82) is 0 Å². The first-order valence-corrected chi connectivity index (χ1v) is 5.74. The summed E-state index contributed by atoms with van der Waals surface area (Å²) in [5, 5.41) is 0. The van der Waals surface area contributed by atoms with Crippen LogP contribution in [0.4, 0.5) is 0 Å². The van der Waals surface area contributed by atoms with Crippen molar-refractivity contribution in [2.45, 2.75) is 47.5 Å². The van der Waals surface area contributed by atoms with Gasteiger partial charge in [0.2, 0.25) is 0 Å². The topological polar surface area (TPSA) is 26.3 Å². The minimum atomic E-state index is -0.320. The fraction of sp³-hybridized carbons (Fsp3) is 0.769. The van der Waals surface area contributed by atoms with Gasteiger partial charge in [0.25, 0.3) is 0 Å². The summed E-state index contributed by atoms with van der Waals surface area (Å²) in [6.45, 7) is 10.8. The Bertz CT molecular complexity index is 291. The zero-order valence-corrected chi connectivity index (χ0v) is 10.5. The Morgan fingerprint density at radius 3 is 2.60 bits per heavy atom. The minimum Gasteiger partial charge on any atom is -0.466 e. The molecule has 2 atom stereocenters. The lowest BCUT2D eigenvalue weighted by Gasteiger charge is -2.38. The van der Waals surface area contributed by atoms with E-state index in [4.69, 9.17) is 4.74 Å². The van der Waals surface area contributed by atoms with Crippen LogP contribution in [0, 0.1) is 11.3 Å². The van der Waals surface area contributed by atoms with Crippen LogP contribution in [0.25, 0.3) is 0 Å². The molecule has 0 aromatic carbocycles. The van der Waals surface area contributed by atoms with Crippen molar-refractivity contribution in [3.63, 3.8) is 0 Å². The molecule has 0 saturated carbocycles. The lowest BCUT2D eigenvalue weighted by atomic mass is 9.67. The summed E-state index contributed by atoms with van der Waals surface area (Å²) in [5.41, 5.74) is 2.47. The van der Waals surface area contributed by atoms with Crippen molar-refractivity contribution < 1.29 is 9.53 Å². The smallest absolute Gasteiger partial charge is 0.312 e. The van der Waals surface area contributed by atoms with Gasteiger partial charge < -0.3 is 4.74 Å². The minimum absolute atomic E-state index is 0.0376. The molecule has 0 aromatic rings. The van der Waals surface area contributed by atoms with Crippen molar-refractivity contribution in [3.05, 3.63) is 11.1 Å². The zero-order valence-electron chi connectivity index (χ0n) is 10.5. The maximum atomic E-state index is 11.9. The average molecular weight is 210 g/mol. The summed E-state index contributed by atoms with van der Waals surface area (Å²) >= 11 is 0. The third-order valence-corrected chi connectivity index (χ3v) is 3.80. The second-order valence-corrected chi connectivity index (χ2v) is 4.98. The number of carbonyl (C=O) groups is 1. The molecule has 0 N–H and O–H groups in total. The molecule has 0 aromatic heterocycles. The van der Waals surface area contributed by atoms with Gasteiger partial charge in [-0.15, -0.1) is 0 Å². The van der Waals surface area contributed by atoms with E-state index in [0.717, 1.165) is 12.8 Å². The Kier molecular flexibility index (Phi) is 3.58. The van der Waals surface area contributed by atoms with E-state index < -0.39 is 0 Å². The van der Waals surface area contributed by atoms with Crippen LogP contribution in [0.5, 0.6) is 0 Å². The van der Waals surface area contributed by atoms with Crippen molar-refractivity contribution in [1.82, 2.24) is 0 Å². The van der Waals surface area contributed by atoms with E-state index in [1.807, 2.05) is 13.8 Å². The maximum Gasteiger partial charge on any atom is 0.312 e. The molecule has 1 aliphatic rings. The van der Waals surface area contributed by atoms with Gasteiger partial charge >= 0.3 is 5.97 Å². The highest BCUT2D eigenvalue weighted by molar-refractivity contribution is 5.77. The van der Waals surface area contributed by atoms with Crippen LogP contribution in [0.2, 0.25) is 0 Å². The number of hydrogen-bond acceptors (Lipinski definition) is 2. The highest BCUT2D eigenvalue weighted by Crippen LogP contribution is 2.44. The molecule has 2 heteroatoms. The predicted molar refractivity (Wildman–Crippen MR) is 61.5 cm³/mol. The summed E-state index contributed by atoms with van der Waals surface area (Å²) in [7, 11) is 0. The van der Waals surface area contributed by atoms with E-state index in [1.54, 1.807) is 0 Å². The number of esters is 1. The van der Waals surface area contributed by atoms with Gasteiger partial charge in [-0.25, -0.2) is 0 Å². The van der Waals surface area contributed by atoms with Gasteiger partial charge in [-0.3, -0.25) is 4.79 Å². The predicted octanol–water partition coefficient (Wildman–Crippen LogP) is 3.32. The van der Waals surface area contributed by atoms with Gasteiger partial charge in [-0.1, -0.05) is 18.1 Å². The third kappa shape index (κ3) is 2.24. The summed E-state index contributed by atoms with van der Waals surface area (Å²) in [4.78, 5) is 11.9. The van der Waals surface area contributed by atoms with Crippen LogP contribution in [-0.2, 0) is 9.53 Å². The Morgan fingerprint density at radius 2 is 2.07 bits per heavy atom. The average Bonchev–Trinajstić information content (AvgIpc) is 2.15. The highest BCUT2D eigenvalue weighted by Gasteiger charge is 2.42. The van der Waals surface area contributed by atoms with Crippen LogP contribution < -0.4 is 0 Å². The number of ether oxygens (including phenoxy) is 1. The van der Waals surface area contributed by atoms with Crippen molar-refractivity contribution in [3.8, 4) is 0 Å². The summed E-state index contributed by atoms with van der Waals surface area (Å²) in [6, 6.07) is 0. The molecule has 1 rings (SSSR count).